The van der Waals surface area contributed by atoms with E-state index in [1.807, 2.05) is 0 Å². The zero-order valence-electron chi connectivity index (χ0n) is 15.9. The average molecular weight is 531 g/mol. The van der Waals surface area contributed by atoms with Crippen LogP contribution < -0.4 is 15.8 Å². The van der Waals surface area contributed by atoms with Crippen LogP contribution in [0.3, 0.4) is 0 Å². The number of hydrogen-bond donors (Lipinski definition) is 2. The van der Waals surface area contributed by atoms with Crippen LogP contribution in [0.5, 0.6) is 5.88 Å². The molecule has 1 aliphatic rings. The van der Waals surface area contributed by atoms with Crippen molar-refractivity contribution in [3.63, 3.8) is 0 Å². The van der Waals surface area contributed by atoms with Crippen LogP contribution >= 0.6 is 24.0 Å². The number of guanidine groups is 1. The van der Waals surface area contributed by atoms with Crippen molar-refractivity contribution in [1.29, 1.82) is 0 Å². The largest absolute Gasteiger partial charge is 0.468 e. The summed E-state index contributed by atoms with van der Waals surface area (Å²) in [5.41, 5.74) is 6.28. The fraction of sp³-hybridized carbons (Fsp3) is 0.588. The lowest BCUT2D eigenvalue weighted by molar-refractivity contribution is -0.154. The molecule has 1 aliphatic heterocycles. The zero-order valence-corrected chi connectivity index (χ0v) is 18.3. The summed E-state index contributed by atoms with van der Waals surface area (Å²) in [5.74, 6) is 0.0410. The van der Waals surface area contributed by atoms with Crippen molar-refractivity contribution in [2.75, 3.05) is 26.3 Å². The number of aromatic nitrogens is 1. The second-order valence-corrected chi connectivity index (χ2v) is 6.18. The number of alkyl halides is 3. The molecule has 12 heteroatoms. The van der Waals surface area contributed by atoms with Gasteiger partial charge in [-0.3, -0.25) is 0 Å². The van der Waals surface area contributed by atoms with Gasteiger partial charge >= 0.3 is 12.3 Å². The van der Waals surface area contributed by atoms with Crippen LogP contribution in [0.25, 0.3) is 0 Å². The molecule has 1 fully saturated rings. The number of piperidine rings is 1. The molecule has 0 atom stereocenters. The lowest BCUT2D eigenvalue weighted by Crippen LogP contribution is -2.48. The number of amides is 1. The summed E-state index contributed by atoms with van der Waals surface area (Å²) in [6.45, 7) is 1.78. The molecule has 0 aliphatic carbocycles. The molecule has 0 radical (unpaired) electrons. The lowest BCUT2D eigenvalue weighted by atomic mass is 10.1. The van der Waals surface area contributed by atoms with Gasteiger partial charge in [0.15, 0.2) is 12.6 Å². The smallest absolute Gasteiger partial charge is 0.422 e. The Bertz CT molecular complexity index is 683. The van der Waals surface area contributed by atoms with Gasteiger partial charge in [0.05, 0.1) is 13.2 Å². The first kappa shape index (κ1) is 25.0. The number of likely N-dealkylation sites (tertiary alicyclic amines) is 1. The van der Waals surface area contributed by atoms with Crippen molar-refractivity contribution in [2.24, 2.45) is 10.7 Å². The maximum Gasteiger partial charge on any atom is 0.422 e. The number of carbonyl (C=O) groups excluding carboxylic acids is 1. The summed E-state index contributed by atoms with van der Waals surface area (Å²) in [7, 11) is 0. The number of pyridine rings is 1. The molecule has 2 rings (SSSR count). The zero-order chi connectivity index (χ0) is 20.6. The van der Waals surface area contributed by atoms with Crippen molar-refractivity contribution in [1.82, 2.24) is 15.2 Å². The quantitative estimate of drug-likeness (QED) is 0.333. The third-order valence-electron chi connectivity index (χ3n) is 4.02. The average Bonchev–Trinajstić information content (AvgIpc) is 2.65. The molecule has 8 nitrogen and oxygen atoms in total. The van der Waals surface area contributed by atoms with Gasteiger partial charge < -0.3 is 25.4 Å². The molecule has 2 heterocycles. The number of aliphatic imine (C=N–C) groups is 1. The Labute approximate surface area is 184 Å². The number of carbonyl (C=O) groups is 1. The highest BCUT2D eigenvalue weighted by Crippen LogP contribution is 2.20. The van der Waals surface area contributed by atoms with Gasteiger partial charge in [-0.2, -0.15) is 13.2 Å². The number of hydrogen-bond acceptors (Lipinski definition) is 5. The third kappa shape index (κ3) is 8.92. The molecule has 0 saturated carbocycles. The third-order valence-corrected chi connectivity index (χ3v) is 4.02. The summed E-state index contributed by atoms with van der Waals surface area (Å²) in [6.07, 6.45) is -2.07. The van der Waals surface area contributed by atoms with Gasteiger partial charge in [-0.15, -0.1) is 24.0 Å². The van der Waals surface area contributed by atoms with Crippen LogP contribution in [-0.2, 0) is 11.3 Å². The molecule has 0 unspecified atom stereocenters. The normalized spacial score (nSPS) is 15.4. The van der Waals surface area contributed by atoms with E-state index < -0.39 is 12.8 Å². The second kappa shape index (κ2) is 11.9. The van der Waals surface area contributed by atoms with Crippen molar-refractivity contribution in [2.45, 2.75) is 38.5 Å². The van der Waals surface area contributed by atoms with E-state index in [1.54, 1.807) is 24.0 Å². The number of nitrogens with zero attached hydrogens (tertiary/aromatic N) is 3. The summed E-state index contributed by atoms with van der Waals surface area (Å²) >= 11 is 0. The molecule has 1 saturated heterocycles. The van der Waals surface area contributed by atoms with Crippen molar-refractivity contribution in [3.05, 3.63) is 23.9 Å². The summed E-state index contributed by atoms with van der Waals surface area (Å²) in [6, 6.07) is 3.21. The van der Waals surface area contributed by atoms with E-state index in [9.17, 15) is 18.0 Å². The minimum Gasteiger partial charge on any atom is -0.468 e. The molecular weight excluding hydrogens is 506 g/mol. The number of nitrogens with two attached hydrogens (primary N) is 1. The fourth-order valence-corrected chi connectivity index (χ4v) is 2.67. The van der Waals surface area contributed by atoms with Crippen molar-refractivity contribution >= 4 is 36.0 Å². The van der Waals surface area contributed by atoms with Crippen molar-refractivity contribution in [3.8, 4) is 5.88 Å². The van der Waals surface area contributed by atoms with E-state index in [4.69, 9.17) is 15.2 Å². The maximum atomic E-state index is 12.3. The van der Waals surface area contributed by atoms with Gasteiger partial charge in [0.1, 0.15) is 0 Å². The van der Waals surface area contributed by atoms with Gasteiger partial charge in [-0.25, -0.2) is 14.8 Å². The molecule has 3 N–H and O–H groups in total. The Morgan fingerprint density at radius 1 is 1.41 bits per heavy atom. The van der Waals surface area contributed by atoms with E-state index >= 15 is 0 Å². The number of rotatable bonds is 6. The summed E-state index contributed by atoms with van der Waals surface area (Å²) < 4.78 is 46.7. The standard InChI is InChI=1S/C17H24F3N5O3.HI/c1-2-27-16(26)25-8-5-13(6-9-25)24-15(21)23-10-12-4-3-7-22-14(12)28-11-17(18,19)20;/h3-4,7,13H,2,5-6,8-11H2,1H3,(H3,21,23,24);1H. The van der Waals surface area contributed by atoms with Gasteiger partial charge in [0, 0.05) is 30.9 Å². The first-order valence-electron chi connectivity index (χ1n) is 8.90. The highest BCUT2D eigenvalue weighted by atomic mass is 127. The van der Waals surface area contributed by atoms with Gasteiger partial charge in [0.25, 0.3) is 0 Å². The van der Waals surface area contributed by atoms with E-state index in [0.29, 0.717) is 38.1 Å². The van der Waals surface area contributed by atoms with Gasteiger partial charge in [-0.1, -0.05) is 6.07 Å². The Balaban J connectivity index is 0.00000420. The predicted octanol–water partition coefficient (Wildman–Crippen LogP) is 2.67. The highest BCUT2D eigenvalue weighted by Gasteiger charge is 2.29. The lowest BCUT2D eigenvalue weighted by Gasteiger charge is -2.31. The van der Waals surface area contributed by atoms with Crippen LogP contribution in [0.4, 0.5) is 18.0 Å². The Morgan fingerprint density at radius 2 is 2.10 bits per heavy atom. The van der Waals surface area contributed by atoms with E-state index in [2.05, 4.69) is 15.3 Å². The van der Waals surface area contributed by atoms with Crippen LogP contribution in [0.15, 0.2) is 23.3 Å². The Hall–Kier alpha value is -1.99. The molecule has 29 heavy (non-hydrogen) atoms. The summed E-state index contributed by atoms with van der Waals surface area (Å²) in [5, 5.41) is 3.06. The minimum atomic E-state index is -4.45. The fourth-order valence-electron chi connectivity index (χ4n) is 2.67. The highest BCUT2D eigenvalue weighted by molar-refractivity contribution is 14.0. The van der Waals surface area contributed by atoms with Crippen LogP contribution in [0.1, 0.15) is 25.3 Å². The SMILES string of the molecule is CCOC(=O)N1CCC(NC(N)=NCc2cccnc2OCC(F)(F)F)CC1.I. The van der Waals surface area contributed by atoms with Gasteiger partial charge in [0.2, 0.25) is 5.88 Å². The van der Waals surface area contributed by atoms with E-state index in [0.717, 1.165) is 0 Å². The minimum absolute atomic E-state index is 0. The molecule has 0 spiro atoms. The maximum absolute atomic E-state index is 12.3. The number of ether oxygens (including phenoxy) is 2. The second-order valence-electron chi connectivity index (χ2n) is 6.18. The number of halogens is 4. The Kier molecular flexibility index (Phi) is 10.3. The molecule has 1 aromatic heterocycles. The molecule has 0 bridgehead atoms. The monoisotopic (exact) mass is 531 g/mol. The predicted molar refractivity (Wildman–Crippen MR) is 111 cm³/mol. The molecule has 1 amide bonds. The molecule has 0 aromatic carbocycles. The first-order valence-corrected chi connectivity index (χ1v) is 8.90. The van der Waals surface area contributed by atoms with Crippen molar-refractivity contribution < 1.29 is 27.4 Å². The topological polar surface area (TPSA) is 102 Å². The van der Waals surface area contributed by atoms with Crippen LogP contribution in [0, 0.1) is 0 Å². The summed E-state index contributed by atoms with van der Waals surface area (Å²) in [4.78, 5) is 21.3. The van der Waals surface area contributed by atoms with E-state index in [1.165, 1.54) is 6.20 Å². The van der Waals surface area contributed by atoms with Crippen LogP contribution in [-0.4, -0.2) is 60.5 Å². The Morgan fingerprint density at radius 3 is 2.72 bits per heavy atom. The number of nitrogens with one attached hydrogen (secondary N) is 1. The van der Waals surface area contributed by atoms with Crippen LogP contribution in [0.2, 0.25) is 0 Å². The molecule has 164 valence electrons. The molecular formula is C17H25F3IN5O3. The van der Waals surface area contributed by atoms with Gasteiger partial charge in [-0.05, 0) is 25.8 Å². The first-order chi connectivity index (χ1) is 13.3. The molecule has 1 aromatic rings. The van der Waals surface area contributed by atoms with E-state index in [-0.39, 0.29) is 54.5 Å².